The van der Waals surface area contributed by atoms with Crippen molar-refractivity contribution >= 4 is 33.5 Å². The lowest BCUT2D eigenvalue weighted by Gasteiger charge is -2.08. The van der Waals surface area contributed by atoms with Crippen LogP contribution in [-0.2, 0) is 21.2 Å². The second-order valence-electron chi connectivity index (χ2n) is 5.74. The van der Waals surface area contributed by atoms with Gasteiger partial charge in [-0.25, -0.2) is 18.2 Å². The molecule has 28 heavy (non-hydrogen) atoms. The van der Waals surface area contributed by atoms with Gasteiger partial charge < -0.3 is 16.2 Å². The quantitative estimate of drug-likeness (QED) is 0.604. The van der Waals surface area contributed by atoms with Crippen molar-refractivity contribution in [2.75, 3.05) is 12.0 Å². The van der Waals surface area contributed by atoms with E-state index < -0.39 is 21.7 Å². The average Bonchev–Trinajstić information content (AvgIpc) is 2.63. The highest BCUT2D eigenvalue weighted by molar-refractivity contribution is 7.90. The Balaban J connectivity index is 2.20. The number of nitrogens with two attached hydrogens (primary N) is 1. The number of benzene rings is 1. The number of rotatable bonds is 6. The molecular formula is C18H16N4O5S. The first-order chi connectivity index (χ1) is 13.1. The van der Waals surface area contributed by atoms with Crippen LogP contribution in [0.25, 0.3) is 6.08 Å². The topological polar surface area (TPSA) is 163 Å². The largest absolute Gasteiger partial charge is 0.478 e. The van der Waals surface area contributed by atoms with Crippen molar-refractivity contribution < 1.29 is 23.1 Å². The zero-order valence-electron chi connectivity index (χ0n) is 14.7. The number of nitriles is 1. The standard InChI is InChI=1S/C18H16N4O5S/c1-28(26,27)12-4-2-11(3-5-12)10-21-18(25)16-8-14(20)13(9-19)15(22-16)6-7-17(23)24/h2-8H,10H2,1H3,(H2,20,22)(H,21,25)(H,23,24). The van der Waals surface area contributed by atoms with E-state index in [1.165, 1.54) is 18.2 Å². The number of carboxylic acid groups (broad SMARTS) is 1. The number of nitrogen functional groups attached to an aromatic ring is 1. The summed E-state index contributed by atoms with van der Waals surface area (Å²) in [7, 11) is -3.31. The minimum absolute atomic E-state index is 0.00908. The monoisotopic (exact) mass is 400 g/mol. The number of amides is 1. The van der Waals surface area contributed by atoms with E-state index in [1.54, 1.807) is 12.1 Å². The first kappa shape index (κ1) is 20.6. The number of sulfone groups is 1. The highest BCUT2D eigenvalue weighted by atomic mass is 32.2. The molecule has 0 unspecified atom stereocenters. The van der Waals surface area contributed by atoms with Gasteiger partial charge in [0.15, 0.2) is 9.84 Å². The average molecular weight is 400 g/mol. The van der Waals surface area contributed by atoms with Crippen molar-refractivity contribution in [1.29, 1.82) is 5.26 Å². The molecule has 0 saturated heterocycles. The van der Waals surface area contributed by atoms with Gasteiger partial charge in [0.25, 0.3) is 5.91 Å². The lowest BCUT2D eigenvalue weighted by atomic mass is 10.1. The van der Waals surface area contributed by atoms with E-state index in [2.05, 4.69) is 10.3 Å². The van der Waals surface area contributed by atoms with Crippen molar-refractivity contribution in [2.45, 2.75) is 11.4 Å². The van der Waals surface area contributed by atoms with Crippen molar-refractivity contribution in [3.63, 3.8) is 0 Å². The van der Waals surface area contributed by atoms with Crippen LogP contribution in [0.3, 0.4) is 0 Å². The van der Waals surface area contributed by atoms with Crippen LogP contribution in [0.4, 0.5) is 5.69 Å². The molecule has 0 aliphatic heterocycles. The molecule has 2 aromatic rings. The number of aromatic nitrogens is 1. The van der Waals surface area contributed by atoms with Crippen LogP contribution in [0, 0.1) is 11.3 Å². The molecule has 4 N–H and O–H groups in total. The Morgan fingerprint density at radius 2 is 1.96 bits per heavy atom. The summed E-state index contributed by atoms with van der Waals surface area (Å²) < 4.78 is 22.9. The van der Waals surface area contributed by atoms with Gasteiger partial charge in [0.05, 0.1) is 16.3 Å². The van der Waals surface area contributed by atoms with E-state index >= 15 is 0 Å². The molecule has 0 atom stereocenters. The maximum atomic E-state index is 12.3. The molecule has 0 saturated carbocycles. The number of carboxylic acids is 1. The summed E-state index contributed by atoms with van der Waals surface area (Å²) in [6, 6.07) is 9.04. The number of anilines is 1. The Labute approximate surface area is 161 Å². The summed E-state index contributed by atoms with van der Waals surface area (Å²) in [6.07, 6.45) is 2.96. The molecule has 0 radical (unpaired) electrons. The molecule has 0 aliphatic carbocycles. The van der Waals surface area contributed by atoms with Gasteiger partial charge in [-0.1, -0.05) is 12.1 Å². The molecule has 0 aliphatic rings. The Bertz CT molecular complexity index is 1100. The summed E-state index contributed by atoms with van der Waals surface area (Å²) in [4.78, 5) is 27.2. The first-order valence-electron chi connectivity index (χ1n) is 7.80. The fourth-order valence-electron chi connectivity index (χ4n) is 2.22. The van der Waals surface area contributed by atoms with Crippen molar-refractivity contribution in [3.05, 3.63) is 58.9 Å². The number of pyridine rings is 1. The lowest BCUT2D eigenvalue weighted by Crippen LogP contribution is -2.24. The van der Waals surface area contributed by atoms with E-state index in [0.29, 0.717) is 5.56 Å². The van der Waals surface area contributed by atoms with Crippen molar-refractivity contribution in [1.82, 2.24) is 10.3 Å². The van der Waals surface area contributed by atoms with Gasteiger partial charge in [0.2, 0.25) is 0 Å². The number of aliphatic carboxylic acids is 1. The molecule has 0 spiro atoms. The second kappa shape index (κ2) is 8.32. The van der Waals surface area contributed by atoms with Gasteiger partial charge in [0, 0.05) is 18.9 Å². The van der Waals surface area contributed by atoms with E-state index in [4.69, 9.17) is 16.1 Å². The minimum atomic E-state index is -3.31. The maximum absolute atomic E-state index is 12.3. The van der Waals surface area contributed by atoms with Crippen LogP contribution in [-0.4, -0.2) is 36.6 Å². The maximum Gasteiger partial charge on any atom is 0.328 e. The number of hydrogen-bond donors (Lipinski definition) is 3. The van der Waals surface area contributed by atoms with Crippen LogP contribution >= 0.6 is 0 Å². The number of carbonyl (C=O) groups is 2. The number of carbonyl (C=O) groups excluding carboxylic acids is 1. The summed E-state index contributed by atoms with van der Waals surface area (Å²) in [5.41, 5.74) is 6.25. The molecule has 1 aromatic heterocycles. The Hall–Kier alpha value is -3.71. The third-order valence-electron chi connectivity index (χ3n) is 3.61. The van der Waals surface area contributed by atoms with Gasteiger partial charge >= 0.3 is 5.97 Å². The molecule has 0 fully saturated rings. The van der Waals surface area contributed by atoms with Gasteiger partial charge in [-0.15, -0.1) is 0 Å². The van der Waals surface area contributed by atoms with Crippen LogP contribution in [0.15, 0.2) is 41.3 Å². The second-order valence-corrected chi connectivity index (χ2v) is 7.75. The number of hydrogen-bond acceptors (Lipinski definition) is 7. The lowest BCUT2D eigenvalue weighted by molar-refractivity contribution is -0.131. The number of nitrogens with zero attached hydrogens (tertiary/aromatic N) is 2. The van der Waals surface area contributed by atoms with Crippen molar-refractivity contribution in [3.8, 4) is 6.07 Å². The molecule has 144 valence electrons. The summed E-state index contributed by atoms with van der Waals surface area (Å²) >= 11 is 0. The van der Waals surface area contributed by atoms with Gasteiger partial charge in [-0.2, -0.15) is 5.26 Å². The Morgan fingerprint density at radius 3 is 2.50 bits per heavy atom. The summed E-state index contributed by atoms with van der Waals surface area (Å²) in [5.74, 6) is -1.83. The van der Waals surface area contributed by atoms with Gasteiger partial charge in [-0.3, -0.25) is 4.79 Å². The highest BCUT2D eigenvalue weighted by Crippen LogP contribution is 2.18. The van der Waals surface area contributed by atoms with E-state index in [0.717, 1.165) is 18.4 Å². The minimum Gasteiger partial charge on any atom is -0.478 e. The predicted molar refractivity (Wildman–Crippen MR) is 101 cm³/mol. The van der Waals surface area contributed by atoms with Crippen LogP contribution in [0.5, 0.6) is 0 Å². The molecule has 10 heteroatoms. The van der Waals surface area contributed by atoms with Crippen LogP contribution in [0.1, 0.15) is 27.3 Å². The first-order valence-corrected chi connectivity index (χ1v) is 9.69. The van der Waals surface area contributed by atoms with Gasteiger partial charge in [-0.05, 0) is 29.8 Å². The fraction of sp³-hybridized carbons (Fsp3) is 0.111. The SMILES string of the molecule is CS(=O)(=O)c1ccc(CNC(=O)c2cc(N)c(C#N)c(C=CC(=O)O)n2)cc1. The number of nitrogens with one attached hydrogen (secondary N) is 1. The molecule has 1 amide bonds. The molecule has 9 nitrogen and oxygen atoms in total. The molecule has 1 heterocycles. The third kappa shape index (κ3) is 5.15. The fourth-order valence-corrected chi connectivity index (χ4v) is 2.85. The zero-order valence-corrected chi connectivity index (χ0v) is 15.5. The Kier molecular flexibility index (Phi) is 6.12. The van der Waals surface area contributed by atoms with Crippen LogP contribution < -0.4 is 11.1 Å². The molecule has 1 aromatic carbocycles. The molecule has 0 bridgehead atoms. The zero-order chi connectivity index (χ0) is 20.9. The molecular weight excluding hydrogens is 384 g/mol. The predicted octanol–water partition coefficient (Wildman–Crippen LogP) is 0.967. The third-order valence-corrected chi connectivity index (χ3v) is 4.74. The molecule has 2 rings (SSSR count). The normalized spacial score (nSPS) is 11.1. The van der Waals surface area contributed by atoms with Crippen molar-refractivity contribution in [2.24, 2.45) is 0 Å². The smallest absolute Gasteiger partial charge is 0.328 e. The van der Waals surface area contributed by atoms with E-state index in [9.17, 15) is 18.0 Å². The van der Waals surface area contributed by atoms with E-state index in [1.807, 2.05) is 6.07 Å². The van der Waals surface area contributed by atoms with E-state index in [-0.39, 0.29) is 34.1 Å². The van der Waals surface area contributed by atoms with Crippen LogP contribution in [0.2, 0.25) is 0 Å². The highest BCUT2D eigenvalue weighted by Gasteiger charge is 2.14. The summed E-state index contributed by atoms with van der Waals surface area (Å²) in [5, 5.41) is 20.5. The summed E-state index contributed by atoms with van der Waals surface area (Å²) in [6.45, 7) is 0.102. The Morgan fingerprint density at radius 1 is 1.32 bits per heavy atom. The van der Waals surface area contributed by atoms with Gasteiger partial charge in [0.1, 0.15) is 17.3 Å².